The standard InChI is InChI=1S/C15H19NO3/c1-16(2)12-9-7-11(8-10-12)15(18)19-14-6-4-3-5-13(14)17/h7-10,14H,3-6H2,1-2H3/t14-/m1/s1. The molecule has 0 heterocycles. The largest absolute Gasteiger partial charge is 0.451 e. The molecule has 0 aliphatic heterocycles. The van der Waals surface area contributed by atoms with Gasteiger partial charge in [-0.15, -0.1) is 0 Å². The van der Waals surface area contributed by atoms with Crippen molar-refractivity contribution in [3.05, 3.63) is 29.8 Å². The lowest BCUT2D eigenvalue weighted by molar-refractivity contribution is -0.129. The Morgan fingerprint density at radius 1 is 1.21 bits per heavy atom. The number of carbonyl (C=O) groups is 2. The number of nitrogens with zero attached hydrogens (tertiary/aromatic N) is 1. The lowest BCUT2D eigenvalue weighted by atomic mass is 9.96. The zero-order valence-corrected chi connectivity index (χ0v) is 11.4. The third-order valence-electron chi connectivity index (χ3n) is 3.37. The van der Waals surface area contributed by atoms with Gasteiger partial charge in [0, 0.05) is 26.2 Å². The SMILES string of the molecule is CN(C)c1ccc(C(=O)O[C@@H]2CCCCC2=O)cc1. The summed E-state index contributed by atoms with van der Waals surface area (Å²) in [5.74, 6) is -0.366. The fourth-order valence-corrected chi connectivity index (χ4v) is 2.17. The molecular formula is C15H19NO3. The van der Waals surface area contributed by atoms with Gasteiger partial charge in [0.2, 0.25) is 0 Å². The average molecular weight is 261 g/mol. The molecule has 2 rings (SSSR count). The van der Waals surface area contributed by atoms with Crippen LogP contribution in [0.1, 0.15) is 36.0 Å². The van der Waals surface area contributed by atoms with Gasteiger partial charge in [-0.1, -0.05) is 0 Å². The van der Waals surface area contributed by atoms with Gasteiger partial charge in [-0.05, 0) is 43.5 Å². The molecule has 0 aromatic heterocycles. The van der Waals surface area contributed by atoms with E-state index in [4.69, 9.17) is 4.74 Å². The van der Waals surface area contributed by atoms with Gasteiger partial charge >= 0.3 is 5.97 Å². The lowest BCUT2D eigenvalue weighted by Crippen LogP contribution is -2.30. The third kappa shape index (κ3) is 3.34. The number of carbonyl (C=O) groups excluding carboxylic acids is 2. The second kappa shape index (κ2) is 5.87. The quantitative estimate of drug-likeness (QED) is 0.784. The Morgan fingerprint density at radius 2 is 1.89 bits per heavy atom. The molecule has 0 saturated heterocycles. The van der Waals surface area contributed by atoms with Crippen molar-refractivity contribution in [3.63, 3.8) is 0 Å². The Hall–Kier alpha value is -1.84. The summed E-state index contributed by atoms with van der Waals surface area (Å²) in [4.78, 5) is 25.5. The summed E-state index contributed by atoms with van der Waals surface area (Å²) in [6.07, 6.45) is 2.49. The van der Waals surface area contributed by atoms with Crippen LogP contribution in [0.3, 0.4) is 0 Å². The smallest absolute Gasteiger partial charge is 0.338 e. The van der Waals surface area contributed by atoms with Gasteiger partial charge < -0.3 is 9.64 Å². The first-order valence-electron chi connectivity index (χ1n) is 6.59. The zero-order valence-electron chi connectivity index (χ0n) is 11.4. The molecule has 1 fully saturated rings. The van der Waals surface area contributed by atoms with E-state index in [1.54, 1.807) is 12.1 Å². The van der Waals surface area contributed by atoms with Crippen molar-refractivity contribution in [1.82, 2.24) is 0 Å². The minimum absolute atomic E-state index is 0.0458. The number of ketones is 1. The van der Waals surface area contributed by atoms with Crippen molar-refractivity contribution in [2.24, 2.45) is 0 Å². The number of hydrogen-bond acceptors (Lipinski definition) is 4. The predicted octanol–water partition coefficient (Wildman–Crippen LogP) is 2.42. The van der Waals surface area contributed by atoms with E-state index >= 15 is 0 Å². The molecule has 0 radical (unpaired) electrons. The number of rotatable bonds is 3. The van der Waals surface area contributed by atoms with E-state index in [2.05, 4.69) is 0 Å². The van der Waals surface area contributed by atoms with Gasteiger partial charge in [0.25, 0.3) is 0 Å². The van der Waals surface area contributed by atoms with Gasteiger partial charge in [-0.3, -0.25) is 4.79 Å². The Balaban J connectivity index is 2.01. The number of Topliss-reactive ketones (excluding diaryl/α,β-unsaturated/α-hetero) is 1. The second-order valence-corrected chi connectivity index (χ2v) is 5.05. The van der Waals surface area contributed by atoms with Gasteiger partial charge in [-0.25, -0.2) is 4.79 Å². The molecular weight excluding hydrogens is 242 g/mol. The fraction of sp³-hybridized carbons (Fsp3) is 0.467. The van der Waals surface area contributed by atoms with Crippen LogP contribution in [0.15, 0.2) is 24.3 Å². The minimum atomic E-state index is -0.547. The van der Waals surface area contributed by atoms with Crippen molar-refractivity contribution in [1.29, 1.82) is 0 Å². The van der Waals surface area contributed by atoms with Crippen molar-refractivity contribution >= 4 is 17.4 Å². The van der Waals surface area contributed by atoms with Crippen LogP contribution in [-0.2, 0) is 9.53 Å². The molecule has 1 aromatic rings. The van der Waals surface area contributed by atoms with Crippen LogP contribution in [0.25, 0.3) is 0 Å². The molecule has 0 amide bonds. The maximum Gasteiger partial charge on any atom is 0.338 e. The van der Waals surface area contributed by atoms with Gasteiger partial charge in [0.05, 0.1) is 5.56 Å². The van der Waals surface area contributed by atoms with Crippen LogP contribution in [0.4, 0.5) is 5.69 Å². The Bertz CT molecular complexity index is 465. The summed E-state index contributed by atoms with van der Waals surface area (Å²) in [6, 6.07) is 7.18. The van der Waals surface area contributed by atoms with Crippen molar-refractivity contribution in [2.75, 3.05) is 19.0 Å². The maximum absolute atomic E-state index is 12.0. The van der Waals surface area contributed by atoms with Crippen LogP contribution in [-0.4, -0.2) is 32.0 Å². The fourth-order valence-electron chi connectivity index (χ4n) is 2.17. The Morgan fingerprint density at radius 3 is 2.47 bits per heavy atom. The highest BCUT2D eigenvalue weighted by molar-refractivity contribution is 5.93. The highest BCUT2D eigenvalue weighted by Crippen LogP contribution is 2.19. The molecule has 1 aromatic carbocycles. The summed E-state index contributed by atoms with van der Waals surface area (Å²) < 4.78 is 5.29. The van der Waals surface area contributed by atoms with Gasteiger partial charge in [0.1, 0.15) is 0 Å². The van der Waals surface area contributed by atoms with E-state index in [1.807, 2.05) is 31.1 Å². The topological polar surface area (TPSA) is 46.6 Å². The number of ether oxygens (including phenoxy) is 1. The molecule has 1 atom stereocenters. The first-order chi connectivity index (χ1) is 9.08. The minimum Gasteiger partial charge on any atom is -0.451 e. The molecule has 4 heteroatoms. The van der Waals surface area contributed by atoms with E-state index in [0.29, 0.717) is 18.4 Å². The average Bonchev–Trinajstić information content (AvgIpc) is 2.41. The van der Waals surface area contributed by atoms with Crippen LogP contribution in [0.5, 0.6) is 0 Å². The summed E-state index contributed by atoms with van der Waals surface area (Å²) in [5.41, 5.74) is 1.51. The van der Waals surface area contributed by atoms with E-state index in [1.165, 1.54) is 0 Å². The maximum atomic E-state index is 12.0. The molecule has 1 aliphatic carbocycles. The van der Waals surface area contributed by atoms with Crippen molar-refractivity contribution < 1.29 is 14.3 Å². The Kier molecular flexibility index (Phi) is 4.20. The van der Waals surface area contributed by atoms with Crippen LogP contribution in [0, 0.1) is 0 Å². The molecule has 1 saturated carbocycles. The number of esters is 1. The van der Waals surface area contributed by atoms with Gasteiger partial charge in [-0.2, -0.15) is 0 Å². The third-order valence-corrected chi connectivity index (χ3v) is 3.37. The van der Waals surface area contributed by atoms with Crippen LogP contribution in [0.2, 0.25) is 0 Å². The highest BCUT2D eigenvalue weighted by Gasteiger charge is 2.26. The molecule has 0 bridgehead atoms. The van der Waals surface area contributed by atoms with E-state index < -0.39 is 12.1 Å². The predicted molar refractivity (Wildman–Crippen MR) is 73.4 cm³/mol. The first-order valence-corrected chi connectivity index (χ1v) is 6.59. The second-order valence-electron chi connectivity index (χ2n) is 5.05. The van der Waals surface area contributed by atoms with E-state index in [-0.39, 0.29) is 5.78 Å². The van der Waals surface area contributed by atoms with Gasteiger partial charge in [0.15, 0.2) is 11.9 Å². The normalized spacial score (nSPS) is 19.1. The molecule has 4 nitrogen and oxygen atoms in total. The first kappa shape index (κ1) is 13.6. The summed E-state index contributed by atoms with van der Waals surface area (Å²) in [7, 11) is 3.88. The monoisotopic (exact) mass is 261 g/mol. The Labute approximate surface area is 113 Å². The summed E-state index contributed by atoms with van der Waals surface area (Å²) in [5, 5.41) is 0. The zero-order chi connectivity index (χ0) is 13.8. The van der Waals surface area contributed by atoms with E-state index in [0.717, 1.165) is 18.5 Å². The molecule has 19 heavy (non-hydrogen) atoms. The number of anilines is 1. The highest BCUT2D eigenvalue weighted by atomic mass is 16.5. The van der Waals surface area contributed by atoms with Crippen molar-refractivity contribution in [3.8, 4) is 0 Å². The molecule has 0 N–H and O–H groups in total. The molecule has 1 aliphatic rings. The molecule has 0 spiro atoms. The van der Waals surface area contributed by atoms with Crippen molar-refractivity contribution in [2.45, 2.75) is 31.8 Å². The van der Waals surface area contributed by atoms with Crippen LogP contribution >= 0.6 is 0 Å². The summed E-state index contributed by atoms with van der Waals surface area (Å²) in [6.45, 7) is 0. The van der Waals surface area contributed by atoms with E-state index in [9.17, 15) is 9.59 Å². The molecule has 0 unspecified atom stereocenters. The lowest BCUT2D eigenvalue weighted by Gasteiger charge is -2.20. The summed E-state index contributed by atoms with van der Waals surface area (Å²) >= 11 is 0. The molecule has 102 valence electrons. The van der Waals surface area contributed by atoms with Crippen LogP contribution < -0.4 is 4.90 Å². The number of hydrogen-bond donors (Lipinski definition) is 0. The number of benzene rings is 1.